The number of nitrogens with one attached hydrogen (secondary N) is 2. The summed E-state index contributed by atoms with van der Waals surface area (Å²) < 4.78 is 0. The monoisotopic (exact) mass is 332 g/mol. The summed E-state index contributed by atoms with van der Waals surface area (Å²) in [5, 5.41) is 17.1. The molecule has 0 bridgehead atoms. The van der Waals surface area contributed by atoms with Crippen LogP contribution in [-0.4, -0.2) is 30.0 Å². The van der Waals surface area contributed by atoms with E-state index in [0.717, 1.165) is 5.56 Å². The first-order valence-electron chi connectivity index (χ1n) is 7.52. The lowest BCUT2D eigenvalue weighted by Gasteiger charge is -2.07. The van der Waals surface area contributed by atoms with Crippen molar-refractivity contribution < 1.29 is 14.7 Å². The zero-order valence-corrected chi connectivity index (χ0v) is 13.6. The molecule has 2 rings (SSSR count). The molecule has 0 fully saturated rings. The molecule has 0 saturated heterocycles. The molecule has 3 N–H and O–H groups in total. The fourth-order valence-electron chi connectivity index (χ4n) is 2.07. The van der Waals surface area contributed by atoms with Gasteiger partial charge in [-0.25, -0.2) is 0 Å². The molecule has 0 unspecified atom stereocenters. The zero-order chi connectivity index (χ0) is 16.5. The van der Waals surface area contributed by atoms with Crippen molar-refractivity contribution in [3.8, 4) is 5.75 Å². The van der Waals surface area contributed by atoms with Crippen LogP contribution in [0.5, 0.6) is 5.75 Å². The number of thiophene rings is 1. The second-order valence-electron chi connectivity index (χ2n) is 5.07. The van der Waals surface area contributed by atoms with E-state index in [0.29, 0.717) is 37.2 Å². The number of phenolic OH excluding ortho intramolecular Hbond substituents is 1. The molecule has 2 aromatic rings. The van der Waals surface area contributed by atoms with Crippen LogP contribution >= 0.6 is 11.3 Å². The van der Waals surface area contributed by atoms with Crippen molar-refractivity contribution in [1.82, 2.24) is 10.6 Å². The number of phenols is 1. The molecule has 23 heavy (non-hydrogen) atoms. The summed E-state index contributed by atoms with van der Waals surface area (Å²) in [6.07, 6.45) is 1.52. The van der Waals surface area contributed by atoms with Crippen LogP contribution in [0.1, 0.15) is 28.1 Å². The molecule has 0 atom stereocenters. The van der Waals surface area contributed by atoms with E-state index in [1.165, 1.54) is 11.3 Å². The highest BCUT2D eigenvalue weighted by Crippen LogP contribution is 2.16. The maximum absolute atomic E-state index is 11.7. The molecular weight excluding hydrogens is 312 g/mol. The molecule has 0 radical (unpaired) electrons. The van der Waals surface area contributed by atoms with Gasteiger partial charge in [-0.2, -0.15) is 0 Å². The predicted octanol–water partition coefficient (Wildman–Crippen LogP) is 2.32. The quantitative estimate of drug-likeness (QED) is 0.649. The number of hydrogen-bond acceptors (Lipinski definition) is 4. The molecule has 0 aliphatic heterocycles. The SMILES string of the molecule is O=C(CCc1ccccc1O)NCCCNC(=O)c1cccs1. The number of hydrogen-bond donors (Lipinski definition) is 3. The van der Waals surface area contributed by atoms with Gasteiger partial charge in [0, 0.05) is 19.5 Å². The highest BCUT2D eigenvalue weighted by atomic mass is 32.1. The number of amides is 2. The maximum atomic E-state index is 11.7. The average Bonchev–Trinajstić information content (AvgIpc) is 3.08. The third kappa shape index (κ3) is 5.75. The Morgan fingerprint density at radius 2 is 1.83 bits per heavy atom. The van der Waals surface area contributed by atoms with Crippen molar-refractivity contribution in [3.05, 3.63) is 52.2 Å². The maximum Gasteiger partial charge on any atom is 0.261 e. The van der Waals surface area contributed by atoms with Gasteiger partial charge in [0.05, 0.1) is 4.88 Å². The Hall–Kier alpha value is -2.34. The predicted molar refractivity (Wildman–Crippen MR) is 90.7 cm³/mol. The van der Waals surface area contributed by atoms with E-state index >= 15 is 0 Å². The Labute approximate surface area is 139 Å². The van der Waals surface area contributed by atoms with Crippen LogP contribution < -0.4 is 10.6 Å². The molecule has 1 heterocycles. The summed E-state index contributed by atoms with van der Waals surface area (Å²) in [7, 11) is 0. The van der Waals surface area contributed by atoms with Crippen LogP contribution in [0.15, 0.2) is 41.8 Å². The molecule has 0 aliphatic carbocycles. The largest absolute Gasteiger partial charge is 0.508 e. The second-order valence-corrected chi connectivity index (χ2v) is 6.01. The Bertz CT molecular complexity index is 641. The van der Waals surface area contributed by atoms with Gasteiger partial charge in [0.15, 0.2) is 0 Å². The summed E-state index contributed by atoms with van der Waals surface area (Å²) in [6, 6.07) is 10.6. The summed E-state index contributed by atoms with van der Waals surface area (Å²) >= 11 is 1.40. The first kappa shape index (κ1) is 17.0. The fraction of sp³-hybridized carbons (Fsp3) is 0.294. The molecule has 0 aliphatic rings. The smallest absolute Gasteiger partial charge is 0.261 e. The molecule has 5 nitrogen and oxygen atoms in total. The topological polar surface area (TPSA) is 78.4 Å². The van der Waals surface area contributed by atoms with Crippen LogP contribution in [0.3, 0.4) is 0 Å². The Kier molecular flexibility index (Phi) is 6.62. The van der Waals surface area contributed by atoms with Gasteiger partial charge in [-0.3, -0.25) is 9.59 Å². The molecule has 1 aromatic heterocycles. The fourth-order valence-corrected chi connectivity index (χ4v) is 2.71. The minimum atomic E-state index is -0.0779. The van der Waals surface area contributed by atoms with E-state index in [1.807, 2.05) is 23.6 Å². The third-order valence-electron chi connectivity index (χ3n) is 3.32. The van der Waals surface area contributed by atoms with Crippen molar-refractivity contribution in [2.45, 2.75) is 19.3 Å². The summed E-state index contributed by atoms with van der Waals surface area (Å²) in [5.41, 5.74) is 0.769. The summed E-state index contributed by atoms with van der Waals surface area (Å²) in [4.78, 5) is 24.1. The van der Waals surface area contributed by atoms with Crippen LogP contribution in [0.4, 0.5) is 0 Å². The second kappa shape index (κ2) is 8.95. The van der Waals surface area contributed by atoms with Gasteiger partial charge in [-0.1, -0.05) is 24.3 Å². The Balaban J connectivity index is 1.56. The lowest BCUT2D eigenvalue weighted by Crippen LogP contribution is -2.29. The molecular formula is C17H20N2O3S. The van der Waals surface area contributed by atoms with E-state index in [9.17, 15) is 14.7 Å². The lowest BCUT2D eigenvalue weighted by atomic mass is 10.1. The first-order valence-corrected chi connectivity index (χ1v) is 8.40. The van der Waals surface area contributed by atoms with Gasteiger partial charge >= 0.3 is 0 Å². The zero-order valence-electron chi connectivity index (χ0n) is 12.7. The number of carbonyl (C=O) groups is 2. The number of rotatable bonds is 8. The normalized spacial score (nSPS) is 10.3. The van der Waals surface area contributed by atoms with Crippen molar-refractivity contribution in [2.24, 2.45) is 0 Å². The van der Waals surface area contributed by atoms with Crippen LogP contribution in [0.2, 0.25) is 0 Å². The summed E-state index contributed by atoms with van der Waals surface area (Å²) in [6.45, 7) is 1.04. The third-order valence-corrected chi connectivity index (χ3v) is 4.19. The highest BCUT2D eigenvalue weighted by molar-refractivity contribution is 7.12. The number of para-hydroxylation sites is 1. The minimum Gasteiger partial charge on any atom is -0.508 e. The average molecular weight is 332 g/mol. The van der Waals surface area contributed by atoms with Crippen LogP contribution in [-0.2, 0) is 11.2 Å². The van der Waals surface area contributed by atoms with Crippen molar-refractivity contribution >= 4 is 23.2 Å². The van der Waals surface area contributed by atoms with Gasteiger partial charge in [0.2, 0.25) is 5.91 Å². The van der Waals surface area contributed by atoms with E-state index in [2.05, 4.69) is 10.6 Å². The molecule has 6 heteroatoms. The van der Waals surface area contributed by atoms with Crippen LogP contribution in [0, 0.1) is 0 Å². The molecule has 122 valence electrons. The van der Waals surface area contributed by atoms with Gasteiger partial charge in [-0.05, 0) is 35.9 Å². The van der Waals surface area contributed by atoms with Gasteiger partial charge in [0.25, 0.3) is 5.91 Å². The van der Waals surface area contributed by atoms with Crippen LogP contribution in [0.25, 0.3) is 0 Å². The molecule has 1 aromatic carbocycles. The van der Waals surface area contributed by atoms with Crippen molar-refractivity contribution in [2.75, 3.05) is 13.1 Å². The van der Waals surface area contributed by atoms with E-state index in [-0.39, 0.29) is 17.6 Å². The van der Waals surface area contributed by atoms with Crippen molar-refractivity contribution in [1.29, 1.82) is 0 Å². The van der Waals surface area contributed by atoms with Gasteiger partial charge in [-0.15, -0.1) is 11.3 Å². The number of benzene rings is 1. The first-order chi connectivity index (χ1) is 11.2. The minimum absolute atomic E-state index is 0.0576. The molecule has 0 saturated carbocycles. The number of aryl methyl sites for hydroxylation is 1. The van der Waals surface area contributed by atoms with E-state index < -0.39 is 0 Å². The van der Waals surface area contributed by atoms with E-state index in [1.54, 1.807) is 18.2 Å². The van der Waals surface area contributed by atoms with Gasteiger partial charge < -0.3 is 15.7 Å². The lowest BCUT2D eigenvalue weighted by molar-refractivity contribution is -0.121. The Morgan fingerprint density at radius 1 is 1.04 bits per heavy atom. The Morgan fingerprint density at radius 3 is 2.57 bits per heavy atom. The number of aromatic hydroxyl groups is 1. The number of carbonyl (C=O) groups excluding carboxylic acids is 2. The summed E-state index contributed by atoms with van der Waals surface area (Å²) in [5.74, 6) is 0.0836. The van der Waals surface area contributed by atoms with Crippen molar-refractivity contribution in [3.63, 3.8) is 0 Å². The standard InChI is InChI=1S/C17H20N2O3S/c20-14-6-2-1-5-13(14)8-9-16(21)18-10-4-11-19-17(22)15-7-3-12-23-15/h1-3,5-7,12,20H,4,8-11H2,(H,18,21)(H,19,22). The van der Waals surface area contributed by atoms with E-state index in [4.69, 9.17) is 0 Å². The molecule has 0 spiro atoms. The molecule has 2 amide bonds. The van der Waals surface area contributed by atoms with Gasteiger partial charge in [0.1, 0.15) is 5.75 Å². The highest BCUT2D eigenvalue weighted by Gasteiger charge is 2.06.